The topological polar surface area (TPSA) is 136 Å². The summed E-state index contributed by atoms with van der Waals surface area (Å²) >= 11 is 1.51. The quantitative estimate of drug-likeness (QED) is 0.387. The van der Waals surface area contributed by atoms with Crippen molar-refractivity contribution in [2.45, 2.75) is 43.9 Å². The molecule has 0 unspecified atom stereocenters. The number of rotatable bonds is 3. The smallest absolute Gasteiger partial charge is 0.181 e. The highest BCUT2D eigenvalue weighted by Crippen LogP contribution is 2.60. The minimum atomic E-state index is -0.829. The number of hydrogen-bond donors (Lipinski definition) is 4. The van der Waals surface area contributed by atoms with Crippen LogP contribution in [0.2, 0.25) is 0 Å². The van der Waals surface area contributed by atoms with Gasteiger partial charge in [-0.25, -0.2) is 15.0 Å². The molecule has 2 saturated carbocycles. The summed E-state index contributed by atoms with van der Waals surface area (Å²) < 4.78 is 3.06. The van der Waals surface area contributed by atoms with Crippen LogP contribution >= 0.6 is 11.3 Å². The van der Waals surface area contributed by atoms with Crippen LogP contribution in [0.5, 0.6) is 0 Å². The van der Waals surface area contributed by atoms with Crippen molar-refractivity contribution in [2.75, 3.05) is 11.5 Å². The first-order valence-electron chi connectivity index (χ1n) is 10.5. The molecule has 2 aliphatic rings. The van der Waals surface area contributed by atoms with Crippen LogP contribution in [0.3, 0.4) is 0 Å². The number of nitrogens with zero attached hydrogens (tertiary/aromatic N) is 4. The molecule has 160 valence electrons. The van der Waals surface area contributed by atoms with E-state index in [1.165, 1.54) is 23.2 Å². The Morgan fingerprint density at radius 2 is 1.97 bits per heavy atom. The van der Waals surface area contributed by atoms with Crippen molar-refractivity contribution in [3.8, 4) is 0 Å². The van der Waals surface area contributed by atoms with E-state index in [0.717, 1.165) is 41.3 Å². The lowest BCUT2D eigenvalue weighted by Crippen LogP contribution is -2.46. The van der Waals surface area contributed by atoms with Gasteiger partial charge in [-0.2, -0.15) is 0 Å². The van der Waals surface area contributed by atoms with Gasteiger partial charge in [0, 0.05) is 11.6 Å². The summed E-state index contributed by atoms with van der Waals surface area (Å²) in [6.45, 7) is 0. The van der Waals surface area contributed by atoms with E-state index in [4.69, 9.17) is 11.5 Å². The van der Waals surface area contributed by atoms with Gasteiger partial charge < -0.3 is 26.2 Å². The molecule has 2 fully saturated rings. The van der Waals surface area contributed by atoms with Gasteiger partial charge in [0.15, 0.2) is 5.13 Å². The number of anilines is 2. The summed E-state index contributed by atoms with van der Waals surface area (Å²) in [7, 11) is 0. The third-order valence-electron chi connectivity index (χ3n) is 7.24. The van der Waals surface area contributed by atoms with Crippen LogP contribution in [0.4, 0.5) is 10.9 Å². The second-order valence-corrected chi connectivity index (χ2v) is 10.2. The summed E-state index contributed by atoms with van der Waals surface area (Å²) in [5.74, 6) is 0.914. The fourth-order valence-corrected chi connectivity index (χ4v) is 6.64. The average molecular weight is 437 g/mol. The highest BCUT2D eigenvalue weighted by atomic mass is 32.1. The number of thiazole rings is 1. The van der Waals surface area contributed by atoms with Crippen molar-refractivity contribution in [1.82, 2.24) is 19.5 Å². The zero-order valence-corrected chi connectivity index (χ0v) is 17.7. The molecule has 2 aliphatic carbocycles. The van der Waals surface area contributed by atoms with Gasteiger partial charge in [0.2, 0.25) is 0 Å². The monoisotopic (exact) mass is 436 g/mol. The molecule has 1 spiro atoms. The number of aliphatic hydroxyl groups excluding tert-OH is 2. The third kappa shape index (κ3) is 2.84. The van der Waals surface area contributed by atoms with E-state index in [9.17, 15) is 10.2 Å². The SMILES string of the molecule is Nc1nc2ccc(C[C@H]3C[C@@]4(C[C@@H](n5ccc6c(N)ncnc65)[C@H](O)[C@@H]4O)C3)cc2s1. The minimum Gasteiger partial charge on any atom is -0.390 e. The van der Waals surface area contributed by atoms with Crippen molar-refractivity contribution in [3.05, 3.63) is 42.4 Å². The highest BCUT2D eigenvalue weighted by Gasteiger charge is 2.59. The first-order valence-corrected chi connectivity index (χ1v) is 11.3. The maximum absolute atomic E-state index is 11.0. The molecule has 3 aromatic heterocycles. The first-order chi connectivity index (χ1) is 14.9. The van der Waals surface area contributed by atoms with Gasteiger partial charge >= 0.3 is 0 Å². The fourth-order valence-electron chi connectivity index (χ4n) is 5.84. The fraction of sp³-hybridized carbons (Fsp3) is 0.409. The summed E-state index contributed by atoms with van der Waals surface area (Å²) in [6.07, 6.45) is 5.25. The van der Waals surface area contributed by atoms with Gasteiger partial charge in [0.1, 0.15) is 23.9 Å². The molecule has 0 saturated heterocycles. The number of aliphatic hydroxyl groups is 2. The van der Waals surface area contributed by atoms with Crippen LogP contribution in [-0.2, 0) is 6.42 Å². The molecule has 4 aromatic rings. The zero-order valence-electron chi connectivity index (χ0n) is 16.8. The van der Waals surface area contributed by atoms with Crippen LogP contribution in [0.15, 0.2) is 36.8 Å². The minimum absolute atomic E-state index is 0.223. The van der Waals surface area contributed by atoms with Crippen LogP contribution in [0.1, 0.15) is 30.9 Å². The summed E-state index contributed by atoms with van der Waals surface area (Å²) in [4.78, 5) is 12.7. The van der Waals surface area contributed by atoms with E-state index in [2.05, 4.69) is 27.1 Å². The van der Waals surface area contributed by atoms with E-state index in [0.29, 0.717) is 22.5 Å². The molecule has 0 amide bonds. The second kappa shape index (κ2) is 6.62. The van der Waals surface area contributed by atoms with Gasteiger partial charge in [0.05, 0.1) is 27.7 Å². The van der Waals surface area contributed by atoms with Crippen molar-refractivity contribution >= 4 is 43.5 Å². The van der Waals surface area contributed by atoms with E-state index in [1.807, 2.05) is 22.9 Å². The van der Waals surface area contributed by atoms with Gasteiger partial charge in [-0.15, -0.1) is 0 Å². The maximum atomic E-state index is 11.0. The van der Waals surface area contributed by atoms with Gasteiger partial charge in [-0.05, 0) is 55.4 Å². The number of fused-ring (bicyclic) bond motifs is 2. The molecule has 0 bridgehead atoms. The Balaban J connectivity index is 1.20. The molecule has 0 radical (unpaired) electrons. The van der Waals surface area contributed by atoms with Crippen molar-refractivity contribution in [1.29, 1.82) is 0 Å². The Labute approximate surface area is 182 Å². The maximum Gasteiger partial charge on any atom is 0.181 e. The van der Waals surface area contributed by atoms with Gasteiger partial charge in [-0.1, -0.05) is 17.4 Å². The Morgan fingerprint density at radius 3 is 2.81 bits per heavy atom. The predicted octanol–water partition coefficient (Wildman–Crippen LogP) is 2.51. The second-order valence-electron chi connectivity index (χ2n) is 9.12. The number of benzene rings is 1. The Morgan fingerprint density at radius 1 is 1.13 bits per heavy atom. The third-order valence-corrected chi connectivity index (χ3v) is 8.09. The number of nitrogens with two attached hydrogens (primary N) is 2. The van der Waals surface area contributed by atoms with Crippen molar-refractivity contribution in [2.24, 2.45) is 11.3 Å². The van der Waals surface area contributed by atoms with Crippen molar-refractivity contribution in [3.63, 3.8) is 0 Å². The van der Waals surface area contributed by atoms with Gasteiger partial charge in [0.25, 0.3) is 0 Å². The number of nitrogen functional groups attached to an aromatic ring is 2. The number of aromatic nitrogens is 4. The molecule has 8 nitrogen and oxygen atoms in total. The lowest BCUT2D eigenvalue weighted by atomic mass is 9.58. The Hall–Kier alpha value is -2.75. The van der Waals surface area contributed by atoms with Crippen molar-refractivity contribution < 1.29 is 10.2 Å². The highest BCUT2D eigenvalue weighted by molar-refractivity contribution is 7.22. The van der Waals surface area contributed by atoms with E-state index >= 15 is 0 Å². The average Bonchev–Trinajstić information content (AvgIpc) is 3.37. The Kier molecular flexibility index (Phi) is 4.05. The largest absolute Gasteiger partial charge is 0.390 e. The zero-order chi connectivity index (χ0) is 21.3. The lowest BCUT2D eigenvalue weighted by Gasteiger charge is -2.48. The van der Waals surface area contributed by atoms with Gasteiger partial charge in [-0.3, -0.25) is 0 Å². The molecule has 9 heteroatoms. The van der Waals surface area contributed by atoms with E-state index in [1.54, 1.807) is 0 Å². The molecule has 3 heterocycles. The molecule has 6 rings (SSSR count). The first kappa shape index (κ1) is 19.0. The standard InChI is InChI=1S/C22H24N6O2S/c23-19-13-3-4-28(20(13)26-10-25-19)15-9-22(18(30)17(15)29)7-12(8-22)5-11-1-2-14-16(6-11)31-21(24)27-14/h1-4,6,10,12,15,17-18,29-30H,5,7-9H2,(H2,24,27)(H2,23,25,26)/t12-,15-,17+,18+,22-/m1/s1. The molecule has 1 aromatic carbocycles. The van der Waals surface area contributed by atoms with E-state index in [-0.39, 0.29) is 11.5 Å². The predicted molar refractivity (Wildman–Crippen MR) is 121 cm³/mol. The van der Waals surface area contributed by atoms with Crippen LogP contribution < -0.4 is 11.5 Å². The normalized spacial score (nSPS) is 30.4. The number of hydrogen-bond acceptors (Lipinski definition) is 8. The summed E-state index contributed by atoms with van der Waals surface area (Å²) in [6, 6.07) is 7.97. The molecule has 0 aliphatic heterocycles. The lowest BCUT2D eigenvalue weighted by molar-refractivity contribution is -0.0841. The molecule has 31 heavy (non-hydrogen) atoms. The molecular formula is C22H24N6O2S. The summed E-state index contributed by atoms with van der Waals surface area (Å²) in [5, 5.41) is 23.2. The van der Waals surface area contributed by atoms with Crippen LogP contribution in [0, 0.1) is 11.3 Å². The van der Waals surface area contributed by atoms with Crippen LogP contribution in [-0.4, -0.2) is 41.9 Å². The van der Waals surface area contributed by atoms with E-state index < -0.39 is 12.2 Å². The molecule has 3 atom stereocenters. The molecular weight excluding hydrogens is 412 g/mol. The van der Waals surface area contributed by atoms with Crippen LogP contribution in [0.25, 0.3) is 21.3 Å². The Bertz CT molecular complexity index is 1290. The molecule has 6 N–H and O–H groups in total. The summed E-state index contributed by atoms with van der Waals surface area (Å²) in [5.41, 5.74) is 14.4.